The highest BCUT2D eigenvalue weighted by Crippen LogP contribution is 1.95. The lowest BCUT2D eigenvalue weighted by Crippen LogP contribution is -1.79. The summed E-state index contributed by atoms with van der Waals surface area (Å²) in [6.45, 7) is 0. The van der Waals surface area contributed by atoms with Gasteiger partial charge in [-0.1, -0.05) is 18.2 Å². The lowest BCUT2D eigenvalue weighted by molar-refractivity contribution is 0.620. The van der Waals surface area contributed by atoms with E-state index in [1.807, 2.05) is 30.3 Å². The molecule has 0 aliphatic rings. The molecule has 0 fully saturated rings. The molecular weight excluding hydrogens is 164 g/mol. The van der Waals surface area contributed by atoms with Crippen molar-refractivity contribution in [1.29, 1.82) is 4.78 Å². The van der Waals surface area contributed by atoms with Crippen LogP contribution >= 0.6 is 0 Å². The highest BCUT2D eigenvalue weighted by Gasteiger charge is 1.72. The van der Waals surface area contributed by atoms with Crippen LogP contribution in [0.15, 0.2) is 30.3 Å². The maximum absolute atomic E-state index is 8.67. The van der Waals surface area contributed by atoms with Gasteiger partial charge >= 0.3 is 10.5 Å². The zero-order chi connectivity index (χ0) is 8.69. The summed E-state index contributed by atoms with van der Waals surface area (Å²) in [6.07, 6.45) is 0. The summed E-state index contributed by atoms with van der Waals surface area (Å²) in [5.41, 5.74) is 6.18. The fourth-order valence-electron chi connectivity index (χ4n) is 0.453. The van der Waals surface area contributed by atoms with Gasteiger partial charge in [0.25, 0.3) is 0 Å². The van der Waals surface area contributed by atoms with Crippen LogP contribution in [0.3, 0.4) is 0 Å². The quantitative estimate of drug-likeness (QED) is 0.570. The Kier molecular flexibility index (Phi) is 4.76. The molecule has 4 nitrogen and oxygen atoms in total. The number of benzene rings is 1. The Hall–Kier alpha value is -1.36. The molecule has 0 heterocycles. The number of hydrogen-bond acceptors (Lipinski definition) is 4. The highest BCUT2D eigenvalue weighted by atomic mass is 32.2. The molecule has 0 saturated heterocycles. The van der Waals surface area contributed by atoms with Crippen molar-refractivity contribution in [1.82, 2.24) is 0 Å². The van der Waals surface area contributed by atoms with Crippen LogP contribution in [-0.4, -0.2) is 8.42 Å². The van der Waals surface area contributed by atoms with Crippen molar-refractivity contribution in [3.8, 4) is 0 Å². The molecule has 3 N–H and O–H groups in total. The molecule has 11 heavy (non-hydrogen) atoms. The van der Waals surface area contributed by atoms with E-state index in [9.17, 15) is 0 Å². The Bertz CT molecular complexity index is 285. The Morgan fingerprint density at radius 2 is 1.55 bits per heavy atom. The minimum atomic E-state index is -2.61. The van der Waals surface area contributed by atoms with Gasteiger partial charge in [-0.3, -0.25) is 0 Å². The largest absolute Gasteiger partial charge is 0.399 e. The van der Waals surface area contributed by atoms with Crippen molar-refractivity contribution in [2.24, 2.45) is 0 Å². The molecule has 0 aliphatic heterocycles. The van der Waals surface area contributed by atoms with Crippen molar-refractivity contribution in [3.05, 3.63) is 30.3 Å². The molecule has 0 bridgehead atoms. The van der Waals surface area contributed by atoms with Crippen LogP contribution in [0.2, 0.25) is 0 Å². The van der Waals surface area contributed by atoms with E-state index in [0.717, 1.165) is 5.69 Å². The van der Waals surface area contributed by atoms with E-state index < -0.39 is 10.5 Å². The third-order valence-corrected chi connectivity index (χ3v) is 0.800. The molecule has 0 aliphatic carbocycles. The lowest BCUT2D eigenvalue weighted by atomic mass is 10.3. The van der Waals surface area contributed by atoms with Crippen molar-refractivity contribution in [3.63, 3.8) is 0 Å². The van der Waals surface area contributed by atoms with Gasteiger partial charge in [-0.2, -0.15) is 13.2 Å². The number of nitrogens with two attached hydrogens (primary N) is 1. The van der Waals surface area contributed by atoms with Crippen molar-refractivity contribution in [2.45, 2.75) is 0 Å². The van der Waals surface area contributed by atoms with Gasteiger partial charge in [-0.05, 0) is 12.1 Å². The van der Waals surface area contributed by atoms with Gasteiger partial charge in [-0.25, -0.2) is 0 Å². The van der Waals surface area contributed by atoms with E-state index in [1.54, 1.807) is 0 Å². The van der Waals surface area contributed by atoms with E-state index in [2.05, 4.69) is 0 Å². The molecule has 5 heteroatoms. The first-order valence-corrected chi connectivity index (χ1v) is 3.81. The van der Waals surface area contributed by atoms with Crippen molar-refractivity contribution in [2.75, 3.05) is 5.73 Å². The van der Waals surface area contributed by atoms with Crippen LogP contribution in [0.4, 0.5) is 5.69 Å². The highest BCUT2D eigenvalue weighted by molar-refractivity contribution is 7.60. The first-order chi connectivity index (χ1) is 5.13. The normalized spacial score (nSPS) is 7.64. The number of anilines is 1. The Labute approximate surface area is 66.2 Å². The molecular formula is C6H8N2O2S. The number of para-hydroxylation sites is 1. The van der Waals surface area contributed by atoms with Gasteiger partial charge in [0.15, 0.2) is 0 Å². The third-order valence-electron chi connectivity index (χ3n) is 0.800. The van der Waals surface area contributed by atoms with E-state index in [1.165, 1.54) is 0 Å². The summed E-state index contributed by atoms with van der Waals surface area (Å²) in [7, 11) is -2.61. The molecule has 0 aromatic heterocycles. The van der Waals surface area contributed by atoms with Crippen LogP contribution in [0.25, 0.3) is 0 Å². The summed E-state index contributed by atoms with van der Waals surface area (Å²) in [6, 6.07) is 9.49. The number of rotatable bonds is 0. The molecule has 60 valence electrons. The standard InChI is InChI=1S/C6H7N.HNO2S/c7-6-4-2-1-3-5-6;1-4(2)3/h1-5H,7H2;1H. The molecule has 0 unspecified atom stereocenters. The van der Waals surface area contributed by atoms with Gasteiger partial charge in [0, 0.05) is 5.69 Å². The summed E-state index contributed by atoms with van der Waals surface area (Å²) >= 11 is 0. The maximum Gasteiger partial charge on any atom is 0.308 e. The summed E-state index contributed by atoms with van der Waals surface area (Å²) in [5.74, 6) is 0. The smallest absolute Gasteiger partial charge is 0.308 e. The van der Waals surface area contributed by atoms with Crippen LogP contribution in [0.5, 0.6) is 0 Å². The molecule has 1 aromatic carbocycles. The third kappa shape index (κ3) is 8.64. The minimum Gasteiger partial charge on any atom is -0.399 e. The summed E-state index contributed by atoms with van der Waals surface area (Å²) in [4.78, 5) is 0. The lowest BCUT2D eigenvalue weighted by Gasteiger charge is -1.83. The summed E-state index contributed by atoms with van der Waals surface area (Å²) in [5, 5.41) is 0. The molecule has 0 amide bonds. The topological polar surface area (TPSA) is 84.0 Å². The van der Waals surface area contributed by atoms with Crippen LogP contribution in [0.1, 0.15) is 0 Å². The van der Waals surface area contributed by atoms with E-state index in [-0.39, 0.29) is 0 Å². The average molecular weight is 172 g/mol. The van der Waals surface area contributed by atoms with Crippen molar-refractivity contribution >= 4 is 16.2 Å². The molecule has 0 radical (unpaired) electrons. The number of nitrogen functional groups attached to an aromatic ring is 1. The predicted molar refractivity (Wildman–Crippen MR) is 42.5 cm³/mol. The van der Waals surface area contributed by atoms with Crippen molar-refractivity contribution < 1.29 is 8.42 Å². The second-order valence-electron chi connectivity index (χ2n) is 1.65. The van der Waals surface area contributed by atoms with Gasteiger partial charge in [-0.15, -0.1) is 0 Å². The Balaban J connectivity index is 0.000000218. The second kappa shape index (κ2) is 5.43. The van der Waals surface area contributed by atoms with Gasteiger partial charge in [0.1, 0.15) is 0 Å². The monoisotopic (exact) mass is 172 g/mol. The van der Waals surface area contributed by atoms with E-state index >= 15 is 0 Å². The average Bonchev–Trinajstić information content (AvgIpc) is 1.87. The van der Waals surface area contributed by atoms with E-state index in [4.69, 9.17) is 18.9 Å². The SMILES string of the molecule is N=S(=O)=O.Nc1ccccc1. The molecule has 0 atom stereocenters. The predicted octanol–water partition coefficient (Wildman–Crippen LogP) is 0.897. The Morgan fingerprint density at radius 1 is 1.18 bits per heavy atom. The number of nitrogens with one attached hydrogen (secondary N) is 1. The zero-order valence-electron chi connectivity index (χ0n) is 5.69. The molecule has 1 aromatic rings. The fourth-order valence-corrected chi connectivity index (χ4v) is 0.453. The first-order valence-electron chi connectivity index (χ1n) is 2.74. The maximum atomic E-state index is 8.67. The second-order valence-corrected chi connectivity index (χ2v) is 2.11. The summed E-state index contributed by atoms with van der Waals surface area (Å²) < 4.78 is 22.8. The number of hydrogen-bond donors (Lipinski definition) is 2. The first kappa shape index (κ1) is 9.64. The zero-order valence-corrected chi connectivity index (χ0v) is 6.51. The molecule has 0 spiro atoms. The van der Waals surface area contributed by atoms with Gasteiger partial charge in [0.2, 0.25) is 0 Å². The van der Waals surface area contributed by atoms with Crippen LogP contribution in [-0.2, 0) is 10.5 Å². The fraction of sp³-hybridized carbons (Fsp3) is 0. The van der Waals surface area contributed by atoms with E-state index in [0.29, 0.717) is 0 Å². The molecule has 0 saturated carbocycles. The molecule has 1 rings (SSSR count). The minimum absolute atomic E-state index is 0.822. The van der Waals surface area contributed by atoms with Crippen LogP contribution in [0, 0.1) is 4.78 Å². The van der Waals surface area contributed by atoms with Gasteiger partial charge in [0.05, 0.1) is 0 Å². The van der Waals surface area contributed by atoms with Gasteiger partial charge < -0.3 is 5.73 Å². The Morgan fingerprint density at radius 3 is 1.73 bits per heavy atom. The van der Waals surface area contributed by atoms with Crippen LogP contribution < -0.4 is 5.73 Å².